The largest absolute Gasteiger partial charge is 0.469 e. The van der Waals surface area contributed by atoms with Gasteiger partial charge in [0.15, 0.2) is 0 Å². The standard InChI is InChI=1S/C8H11NO2S/c1-11-8(10)5-6(9)7-3-2-4-12-7/h2-4,6H,5,9H2,1H3. The first kappa shape index (κ1) is 9.22. The molecule has 1 atom stereocenters. The van der Waals surface area contributed by atoms with Gasteiger partial charge in [-0.15, -0.1) is 11.3 Å². The number of methoxy groups -OCH3 is 1. The first-order chi connectivity index (χ1) is 5.74. The maximum Gasteiger partial charge on any atom is 0.307 e. The summed E-state index contributed by atoms with van der Waals surface area (Å²) in [4.78, 5) is 11.8. The lowest BCUT2D eigenvalue weighted by atomic mass is 10.2. The second kappa shape index (κ2) is 4.23. The van der Waals surface area contributed by atoms with Crippen LogP contribution >= 0.6 is 11.3 Å². The molecule has 12 heavy (non-hydrogen) atoms. The van der Waals surface area contributed by atoms with Crippen molar-refractivity contribution in [2.75, 3.05) is 7.11 Å². The Morgan fingerprint density at radius 2 is 2.58 bits per heavy atom. The van der Waals surface area contributed by atoms with Crippen molar-refractivity contribution >= 4 is 17.3 Å². The minimum atomic E-state index is -0.268. The summed E-state index contributed by atoms with van der Waals surface area (Å²) in [6, 6.07) is 3.60. The minimum Gasteiger partial charge on any atom is -0.469 e. The fourth-order valence-corrected chi connectivity index (χ4v) is 1.60. The number of hydrogen-bond donors (Lipinski definition) is 1. The molecule has 0 fully saturated rings. The van der Waals surface area contributed by atoms with Crippen LogP contribution in [0.3, 0.4) is 0 Å². The third-order valence-corrected chi connectivity index (χ3v) is 2.53. The molecule has 66 valence electrons. The number of hydrogen-bond acceptors (Lipinski definition) is 4. The van der Waals surface area contributed by atoms with Crippen molar-refractivity contribution in [3.8, 4) is 0 Å². The lowest BCUT2D eigenvalue weighted by molar-refractivity contribution is -0.141. The quantitative estimate of drug-likeness (QED) is 0.722. The van der Waals surface area contributed by atoms with Gasteiger partial charge < -0.3 is 10.5 Å². The smallest absolute Gasteiger partial charge is 0.307 e. The van der Waals surface area contributed by atoms with Crippen molar-refractivity contribution in [2.24, 2.45) is 5.73 Å². The molecule has 0 saturated heterocycles. The van der Waals surface area contributed by atoms with Gasteiger partial charge in [-0.1, -0.05) is 6.07 Å². The van der Waals surface area contributed by atoms with E-state index in [1.165, 1.54) is 7.11 Å². The van der Waals surface area contributed by atoms with Crippen LogP contribution in [-0.4, -0.2) is 13.1 Å². The molecule has 3 nitrogen and oxygen atoms in total. The van der Waals surface area contributed by atoms with E-state index in [4.69, 9.17) is 5.73 Å². The van der Waals surface area contributed by atoms with Crippen molar-refractivity contribution in [1.82, 2.24) is 0 Å². The van der Waals surface area contributed by atoms with Gasteiger partial charge in [0, 0.05) is 10.9 Å². The third-order valence-electron chi connectivity index (χ3n) is 1.52. The molecule has 0 saturated carbocycles. The molecular formula is C8H11NO2S. The Morgan fingerprint density at radius 3 is 3.08 bits per heavy atom. The molecule has 0 aliphatic heterocycles. The molecule has 1 aromatic rings. The number of ether oxygens (including phenoxy) is 1. The SMILES string of the molecule is COC(=O)CC(N)c1cccs1. The highest BCUT2D eigenvalue weighted by Gasteiger charge is 2.11. The van der Waals surface area contributed by atoms with Crippen LogP contribution < -0.4 is 5.73 Å². The molecule has 4 heteroatoms. The van der Waals surface area contributed by atoms with Gasteiger partial charge in [-0.05, 0) is 11.4 Å². The Balaban J connectivity index is 2.49. The molecule has 0 radical (unpaired) electrons. The monoisotopic (exact) mass is 185 g/mol. The Kier molecular flexibility index (Phi) is 3.25. The Morgan fingerprint density at radius 1 is 1.83 bits per heavy atom. The summed E-state index contributed by atoms with van der Waals surface area (Å²) < 4.78 is 4.50. The molecule has 0 amide bonds. The van der Waals surface area contributed by atoms with E-state index in [-0.39, 0.29) is 18.4 Å². The summed E-state index contributed by atoms with van der Waals surface area (Å²) in [7, 11) is 1.36. The Bertz CT molecular complexity index is 246. The lowest BCUT2D eigenvalue weighted by Gasteiger charge is -2.06. The average Bonchev–Trinajstić information content (AvgIpc) is 2.56. The summed E-state index contributed by atoms with van der Waals surface area (Å²) >= 11 is 1.55. The van der Waals surface area contributed by atoms with Gasteiger partial charge in [-0.25, -0.2) is 0 Å². The molecule has 0 aliphatic rings. The molecule has 1 heterocycles. The zero-order valence-electron chi connectivity index (χ0n) is 6.82. The number of nitrogens with two attached hydrogens (primary N) is 1. The van der Waals surface area contributed by atoms with E-state index in [1.54, 1.807) is 11.3 Å². The summed E-state index contributed by atoms with van der Waals surface area (Å²) in [5.74, 6) is -0.268. The first-order valence-corrected chi connectivity index (χ1v) is 4.48. The first-order valence-electron chi connectivity index (χ1n) is 3.60. The van der Waals surface area contributed by atoms with Crippen LogP contribution in [0.1, 0.15) is 17.3 Å². The highest BCUT2D eigenvalue weighted by atomic mass is 32.1. The second-order valence-corrected chi connectivity index (χ2v) is 3.38. The van der Waals surface area contributed by atoms with Crippen LogP contribution in [0.2, 0.25) is 0 Å². The Labute approximate surface area is 75.1 Å². The maximum atomic E-state index is 10.8. The molecule has 0 aliphatic carbocycles. The summed E-state index contributed by atoms with van der Waals surface area (Å²) in [6.45, 7) is 0. The van der Waals surface area contributed by atoms with Gasteiger partial charge in [-0.3, -0.25) is 4.79 Å². The van der Waals surface area contributed by atoms with Crippen molar-refractivity contribution in [1.29, 1.82) is 0 Å². The number of esters is 1. The van der Waals surface area contributed by atoms with Gasteiger partial charge >= 0.3 is 5.97 Å². The molecule has 1 aromatic heterocycles. The minimum absolute atomic E-state index is 0.225. The van der Waals surface area contributed by atoms with E-state index in [0.717, 1.165) is 4.88 Å². The number of thiophene rings is 1. The fraction of sp³-hybridized carbons (Fsp3) is 0.375. The summed E-state index contributed by atoms with van der Waals surface area (Å²) in [5, 5.41) is 1.94. The van der Waals surface area contributed by atoms with Crippen LogP contribution in [0, 0.1) is 0 Å². The summed E-state index contributed by atoms with van der Waals surface area (Å²) in [6.07, 6.45) is 0.247. The van der Waals surface area contributed by atoms with E-state index < -0.39 is 0 Å². The van der Waals surface area contributed by atoms with Crippen molar-refractivity contribution < 1.29 is 9.53 Å². The van der Waals surface area contributed by atoms with E-state index in [0.29, 0.717) is 0 Å². The zero-order chi connectivity index (χ0) is 8.97. The van der Waals surface area contributed by atoms with E-state index in [1.807, 2.05) is 17.5 Å². The molecule has 0 spiro atoms. The van der Waals surface area contributed by atoms with E-state index >= 15 is 0 Å². The normalized spacial score (nSPS) is 12.5. The van der Waals surface area contributed by atoms with Gasteiger partial charge in [0.25, 0.3) is 0 Å². The Hall–Kier alpha value is -0.870. The van der Waals surface area contributed by atoms with Gasteiger partial charge in [0.1, 0.15) is 0 Å². The second-order valence-electron chi connectivity index (χ2n) is 2.40. The highest BCUT2D eigenvalue weighted by Crippen LogP contribution is 2.19. The molecule has 2 N–H and O–H groups in total. The van der Waals surface area contributed by atoms with Crippen LogP contribution in [-0.2, 0) is 9.53 Å². The third kappa shape index (κ3) is 2.32. The maximum absolute atomic E-state index is 10.8. The van der Waals surface area contributed by atoms with Crippen LogP contribution in [0.4, 0.5) is 0 Å². The molecule has 1 rings (SSSR count). The fourth-order valence-electron chi connectivity index (χ4n) is 0.866. The van der Waals surface area contributed by atoms with Gasteiger partial charge in [0.2, 0.25) is 0 Å². The topological polar surface area (TPSA) is 52.3 Å². The van der Waals surface area contributed by atoms with Crippen LogP contribution in [0.5, 0.6) is 0 Å². The van der Waals surface area contributed by atoms with Gasteiger partial charge in [0.05, 0.1) is 13.5 Å². The zero-order valence-corrected chi connectivity index (χ0v) is 7.64. The average molecular weight is 185 g/mol. The number of carbonyl (C=O) groups excluding carboxylic acids is 1. The van der Waals surface area contributed by atoms with Gasteiger partial charge in [-0.2, -0.15) is 0 Å². The predicted octanol–water partition coefficient (Wildman–Crippen LogP) is 1.31. The molecule has 0 aromatic carbocycles. The number of carbonyl (C=O) groups is 1. The van der Waals surface area contributed by atoms with Crippen LogP contribution in [0.25, 0.3) is 0 Å². The van der Waals surface area contributed by atoms with Crippen molar-refractivity contribution in [3.63, 3.8) is 0 Å². The lowest BCUT2D eigenvalue weighted by Crippen LogP contribution is -2.14. The molecular weight excluding hydrogens is 174 g/mol. The molecule has 0 bridgehead atoms. The van der Waals surface area contributed by atoms with Crippen molar-refractivity contribution in [2.45, 2.75) is 12.5 Å². The van der Waals surface area contributed by atoms with E-state index in [2.05, 4.69) is 4.74 Å². The molecule has 1 unspecified atom stereocenters. The highest BCUT2D eigenvalue weighted by molar-refractivity contribution is 7.10. The predicted molar refractivity (Wildman–Crippen MR) is 47.9 cm³/mol. The van der Waals surface area contributed by atoms with Crippen molar-refractivity contribution in [3.05, 3.63) is 22.4 Å². The number of rotatable bonds is 3. The summed E-state index contributed by atoms with van der Waals surface area (Å²) in [5.41, 5.74) is 5.73. The van der Waals surface area contributed by atoms with Crippen LogP contribution in [0.15, 0.2) is 17.5 Å². The van der Waals surface area contributed by atoms with E-state index in [9.17, 15) is 4.79 Å².